The summed E-state index contributed by atoms with van der Waals surface area (Å²) in [5.74, 6) is 0.106. The lowest BCUT2D eigenvalue weighted by molar-refractivity contribution is 0.0736. The van der Waals surface area contributed by atoms with Crippen LogP contribution in [0.5, 0.6) is 5.75 Å². The molecule has 156 valence electrons. The number of fused-ring (bicyclic) bond motifs is 3. The average Bonchev–Trinajstić information content (AvgIpc) is 3.27. The second-order valence-corrected chi connectivity index (χ2v) is 8.28. The number of methoxy groups -OCH3 is 1. The number of carbonyl (C=O) groups is 1. The van der Waals surface area contributed by atoms with Crippen molar-refractivity contribution in [1.29, 1.82) is 0 Å². The predicted molar refractivity (Wildman–Crippen MR) is 118 cm³/mol. The fourth-order valence-corrected chi connectivity index (χ4v) is 4.59. The zero-order chi connectivity index (χ0) is 21.7. The van der Waals surface area contributed by atoms with E-state index in [1.807, 2.05) is 24.3 Å². The topological polar surface area (TPSA) is 55.6 Å². The van der Waals surface area contributed by atoms with E-state index >= 15 is 0 Å². The van der Waals surface area contributed by atoms with E-state index in [0.29, 0.717) is 44.2 Å². The number of nitrogens with zero attached hydrogens (tertiary/aromatic N) is 2. The normalized spacial score (nSPS) is 15.5. The Hall–Kier alpha value is -2.90. The number of rotatable bonds is 4. The molecule has 0 bridgehead atoms. The molecule has 31 heavy (non-hydrogen) atoms. The molecule has 0 fully saturated rings. The highest BCUT2D eigenvalue weighted by atomic mass is 79.9. The monoisotopic (exact) mass is 500 g/mol. The van der Waals surface area contributed by atoms with Crippen LogP contribution in [-0.2, 0) is 6.54 Å². The number of amides is 1. The maximum absolute atomic E-state index is 14.2. The fraction of sp³-hybridized carbons (Fsp3) is 0.130. The number of halogens is 3. The van der Waals surface area contributed by atoms with E-state index in [9.17, 15) is 9.18 Å². The molecule has 3 aromatic carbocycles. The highest BCUT2D eigenvalue weighted by Gasteiger charge is 2.41. The molecule has 1 aliphatic heterocycles. The molecule has 1 amide bonds. The quantitative estimate of drug-likeness (QED) is 0.337. The van der Waals surface area contributed by atoms with Crippen molar-refractivity contribution >= 4 is 44.5 Å². The zero-order valence-corrected chi connectivity index (χ0v) is 18.6. The van der Waals surface area contributed by atoms with Crippen molar-refractivity contribution in [3.63, 3.8) is 0 Å². The lowest BCUT2D eigenvalue weighted by Gasteiger charge is -2.27. The van der Waals surface area contributed by atoms with Gasteiger partial charge in [0.15, 0.2) is 5.58 Å². The molecule has 1 aliphatic rings. The van der Waals surface area contributed by atoms with Crippen LogP contribution < -0.4 is 4.74 Å². The highest BCUT2D eigenvalue weighted by molar-refractivity contribution is 9.10. The predicted octanol–water partition coefficient (Wildman–Crippen LogP) is 6.14. The standard InChI is InChI=1S/C23H15BrClFN2O3/c1-30-14-5-2-12(3-6-14)11-28-21(16-10-13(26)4-8-17(16)25)19-15(22(28)29)7-9-18-20(19)27-23(24)31-18/h2-10,21H,11H2,1H3. The summed E-state index contributed by atoms with van der Waals surface area (Å²) >= 11 is 9.74. The molecular weight excluding hydrogens is 487 g/mol. The molecule has 5 nitrogen and oxygen atoms in total. The Bertz CT molecular complexity index is 1320. The van der Waals surface area contributed by atoms with Gasteiger partial charge in [0, 0.05) is 44.2 Å². The zero-order valence-electron chi connectivity index (χ0n) is 16.2. The van der Waals surface area contributed by atoms with Gasteiger partial charge < -0.3 is 14.1 Å². The SMILES string of the molecule is COc1ccc(CN2C(=O)c3ccc4oc(Br)nc4c3C2c2cc(F)ccc2Cl)cc1. The van der Waals surface area contributed by atoms with Crippen LogP contribution in [0.4, 0.5) is 4.39 Å². The molecule has 0 spiro atoms. The van der Waals surface area contributed by atoms with Gasteiger partial charge in [-0.1, -0.05) is 23.7 Å². The summed E-state index contributed by atoms with van der Waals surface area (Å²) in [6, 6.07) is 14.4. The van der Waals surface area contributed by atoms with Crippen LogP contribution in [0.25, 0.3) is 11.1 Å². The molecule has 8 heteroatoms. The maximum atomic E-state index is 14.2. The van der Waals surface area contributed by atoms with Crippen molar-refractivity contribution in [3.05, 3.63) is 92.5 Å². The summed E-state index contributed by atoms with van der Waals surface area (Å²) in [6.45, 7) is 0.301. The third-order valence-electron chi connectivity index (χ3n) is 5.41. The van der Waals surface area contributed by atoms with Gasteiger partial charge in [0.2, 0.25) is 0 Å². The van der Waals surface area contributed by atoms with E-state index in [4.69, 9.17) is 20.8 Å². The van der Waals surface area contributed by atoms with Crippen LogP contribution in [0.1, 0.15) is 33.1 Å². The molecule has 1 aromatic heterocycles. The van der Waals surface area contributed by atoms with Crippen LogP contribution in [0.3, 0.4) is 0 Å². The van der Waals surface area contributed by atoms with E-state index < -0.39 is 11.9 Å². The molecule has 0 saturated carbocycles. The van der Waals surface area contributed by atoms with Crippen LogP contribution in [0, 0.1) is 5.82 Å². The third kappa shape index (κ3) is 3.38. The van der Waals surface area contributed by atoms with Gasteiger partial charge in [0.1, 0.15) is 17.1 Å². The second kappa shape index (κ2) is 7.66. The molecule has 1 unspecified atom stereocenters. The van der Waals surface area contributed by atoms with Gasteiger partial charge in [0.05, 0.1) is 13.2 Å². The number of aromatic nitrogens is 1. The van der Waals surface area contributed by atoms with Gasteiger partial charge in [-0.2, -0.15) is 0 Å². The van der Waals surface area contributed by atoms with Crippen LogP contribution in [0.2, 0.25) is 5.02 Å². The molecule has 2 heterocycles. The van der Waals surface area contributed by atoms with E-state index in [2.05, 4.69) is 20.9 Å². The number of carbonyl (C=O) groups excluding carboxylic acids is 1. The Morgan fingerprint density at radius 3 is 2.71 bits per heavy atom. The summed E-state index contributed by atoms with van der Waals surface area (Å²) in [4.78, 5) is 19.9. The molecule has 0 saturated heterocycles. The van der Waals surface area contributed by atoms with Crippen molar-refractivity contribution in [3.8, 4) is 5.75 Å². The Kier molecular flexibility index (Phi) is 4.95. The van der Waals surface area contributed by atoms with Crippen molar-refractivity contribution in [2.75, 3.05) is 7.11 Å². The Morgan fingerprint density at radius 1 is 1.19 bits per heavy atom. The first-order valence-electron chi connectivity index (χ1n) is 9.44. The van der Waals surface area contributed by atoms with E-state index in [-0.39, 0.29) is 5.91 Å². The third-order valence-corrected chi connectivity index (χ3v) is 6.10. The summed E-state index contributed by atoms with van der Waals surface area (Å²) in [5, 5.41) is 0.367. The molecule has 1 atom stereocenters. The summed E-state index contributed by atoms with van der Waals surface area (Å²) in [5.41, 5.74) is 3.61. The summed E-state index contributed by atoms with van der Waals surface area (Å²) in [6.07, 6.45) is 0. The Balaban J connectivity index is 1.69. The number of hydrogen-bond donors (Lipinski definition) is 0. The van der Waals surface area contributed by atoms with Gasteiger partial charge in [-0.05, 0) is 48.0 Å². The minimum Gasteiger partial charge on any atom is -0.497 e. The average molecular weight is 502 g/mol. The van der Waals surface area contributed by atoms with Crippen molar-refractivity contribution in [1.82, 2.24) is 9.88 Å². The van der Waals surface area contributed by atoms with Crippen LogP contribution >= 0.6 is 27.5 Å². The second-order valence-electron chi connectivity index (χ2n) is 7.19. The minimum atomic E-state index is -0.617. The molecule has 0 radical (unpaired) electrons. The number of ether oxygens (including phenoxy) is 1. The maximum Gasteiger partial charge on any atom is 0.265 e. The molecule has 0 aliphatic carbocycles. The van der Waals surface area contributed by atoms with Gasteiger partial charge in [-0.25, -0.2) is 9.37 Å². The van der Waals surface area contributed by atoms with E-state index in [1.54, 1.807) is 24.1 Å². The molecule has 0 N–H and O–H groups in total. The molecule has 5 rings (SSSR count). The largest absolute Gasteiger partial charge is 0.497 e. The summed E-state index contributed by atoms with van der Waals surface area (Å²) < 4.78 is 25.0. The van der Waals surface area contributed by atoms with Crippen LogP contribution in [-0.4, -0.2) is 22.9 Å². The first-order valence-corrected chi connectivity index (χ1v) is 10.6. The fourth-order valence-electron chi connectivity index (χ4n) is 4.02. The smallest absolute Gasteiger partial charge is 0.265 e. The highest BCUT2D eigenvalue weighted by Crippen LogP contribution is 2.45. The first-order chi connectivity index (χ1) is 15.0. The van der Waals surface area contributed by atoms with E-state index in [0.717, 1.165) is 11.3 Å². The Labute approximate surface area is 190 Å². The number of hydrogen-bond acceptors (Lipinski definition) is 4. The van der Waals surface area contributed by atoms with E-state index in [1.165, 1.54) is 18.2 Å². The van der Waals surface area contributed by atoms with Gasteiger partial charge in [0.25, 0.3) is 10.7 Å². The lowest BCUT2D eigenvalue weighted by atomic mass is 9.96. The van der Waals surface area contributed by atoms with Crippen molar-refractivity contribution < 1.29 is 18.3 Å². The number of oxazole rings is 1. The molecule has 4 aromatic rings. The minimum absolute atomic E-state index is 0.183. The number of benzene rings is 3. The van der Waals surface area contributed by atoms with Crippen molar-refractivity contribution in [2.24, 2.45) is 0 Å². The lowest BCUT2D eigenvalue weighted by Crippen LogP contribution is -2.28. The van der Waals surface area contributed by atoms with Gasteiger partial charge in [-0.15, -0.1) is 0 Å². The van der Waals surface area contributed by atoms with Gasteiger partial charge >= 0.3 is 0 Å². The van der Waals surface area contributed by atoms with Gasteiger partial charge in [-0.3, -0.25) is 4.79 Å². The Morgan fingerprint density at radius 2 is 1.97 bits per heavy atom. The summed E-state index contributed by atoms with van der Waals surface area (Å²) in [7, 11) is 1.60. The van der Waals surface area contributed by atoms with Crippen molar-refractivity contribution in [2.45, 2.75) is 12.6 Å². The molecular formula is C23H15BrClFN2O3. The van der Waals surface area contributed by atoms with Crippen LogP contribution in [0.15, 0.2) is 63.8 Å². The first kappa shape index (κ1) is 20.0.